The molecule has 0 saturated carbocycles. The molecule has 8 rings (SSSR count). The first-order chi connectivity index (χ1) is 64.1. The minimum Gasteiger partial charge on any atom is -0.494 e. The smallest absolute Gasteiger partial charge is 0.407 e. The molecule has 0 aliphatic heterocycles. The Labute approximate surface area is 776 Å². The number of amides is 10. The number of carboxylic acid groups (broad SMARTS) is 4. The molecule has 20 N–H and O–H groups in total. The molecule has 5 atom stereocenters. The van der Waals surface area contributed by atoms with Crippen LogP contribution >= 0.6 is 0 Å². The second kappa shape index (κ2) is 51.6. The van der Waals surface area contributed by atoms with Crippen molar-refractivity contribution in [3.63, 3.8) is 0 Å². The van der Waals surface area contributed by atoms with Crippen LogP contribution in [0.5, 0.6) is 11.5 Å². The van der Waals surface area contributed by atoms with Gasteiger partial charge in [-0.15, -0.1) is 0 Å². The highest BCUT2D eigenvalue weighted by atomic mass is 32.2. The Hall–Kier alpha value is -14.4. The summed E-state index contributed by atoms with van der Waals surface area (Å²) < 4.78 is 80.0. The lowest BCUT2D eigenvalue weighted by Gasteiger charge is -2.25. The number of aliphatic carboxylic acids is 4. The number of ether oxygens (including phenoxy) is 3. The Bertz CT molecular complexity index is 5680. The number of nitrogens with one attached hydrogen (secondary N) is 16. The zero-order chi connectivity index (χ0) is 98.5. The largest absolute Gasteiger partial charge is 0.494 e. The lowest BCUT2D eigenvalue weighted by Crippen LogP contribution is -2.57. The fourth-order valence-corrected chi connectivity index (χ4v) is 17.2. The maximum absolute atomic E-state index is 14.2. The van der Waals surface area contributed by atoms with E-state index in [2.05, 4.69) is 103 Å². The van der Waals surface area contributed by atoms with Gasteiger partial charge in [0.05, 0.1) is 59.5 Å². The summed E-state index contributed by atoms with van der Waals surface area (Å²) in [6.07, 6.45) is 6.81. The van der Waals surface area contributed by atoms with Crippen LogP contribution in [0.15, 0.2) is 108 Å². The molecular weight excluding hydrogens is 1810 g/mol. The van der Waals surface area contributed by atoms with Gasteiger partial charge in [-0.1, -0.05) is 6.42 Å². The average Bonchev–Trinajstić information content (AvgIpc) is 1.50. The molecule has 0 aliphatic rings. The van der Waals surface area contributed by atoms with Crippen LogP contribution in [0.25, 0.3) is 21.8 Å². The topological polar surface area (TPSA) is 677 Å². The first-order valence-electron chi connectivity index (χ1n) is 43.4. The number of hydrogen-bond acceptors (Lipinski definition) is 27. The Morgan fingerprint density at radius 3 is 1.24 bits per heavy atom. The van der Waals surface area contributed by atoms with E-state index in [4.69, 9.17) is 14.2 Å². The van der Waals surface area contributed by atoms with Crippen molar-refractivity contribution in [1.29, 1.82) is 0 Å². The number of nitrogens with zero attached hydrogens (tertiary/aromatic N) is 6. The normalized spacial score (nSPS) is 12.6. The number of alkyl carbamates (subject to hydrolysis) is 1. The number of H-pyrrole nitrogens is 2. The number of sulfonamides is 2. The van der Waals surface area contributed by atoms with Gasteiger partial charge in [-0.2, -0.15) is 19.6 Å². The third kappa shape index (κ3) is 35.3. The number of benzene rings is 4. The Balaban J connectivity index is 0.800. The van der Waals surface area contributed by atoms with Crippen molar-refractivity contribution in [3.8, 4) is 11.5 Å². The maximum Gasteiger partial charge on any atom is 0.407 e. The van der Waals surface area contributed by atoms with Gasteiger partial charge >= 0.3 is 30.0 Å². The summed E-state index contributed by atoms with van der Waals surface area (Å²) in [5.41, 5.74) is 1.80. The lowest BCUT2D eigenvalue weighted by molar-refractivity contribution is -0.140. The molecule has 0 fully saturated rings. The number of imidazole rings is 2. The number of fused-ring (bicyclic) bond motifs is 2. The molecule has 0 saturated heterocycles. The highest BCUT2D eigenvalue weighted by Crippen LogP contribution is 2.29. The summed E-state index contributed by atoms with van der Waals surface area (Å²) in [7, 11) is -9.08. The van der Waals surface area contributed by atoms with E-state index in [1.165, 1.54) is 64.1 Å². The molecule has 0 radical (unpaired) electrons. The summed E-state index contributed by atoms with van der Waals surface area (Å²) >= 11 is 0. The molecule has 1 unspecified atom stereocenters. The van der Waals surface area contributed by atoms with Gasteiger partial charge in [-0.05, 0) is 176 Å². The van der Waals surface area contributed by atoms with Crippen LogP contribution in [-0.2, 0) is 90.6 Å². The van der Waals surface area contributed by atoms with Gasteiger partial charge in [0.1, 0.15) is 47.3 Å². The van der Waals surface area contributed by atoms with Crippen LogP contribution in [0.4, 0.5) is 16.7 Å². The Kier molecular flexibility index (Phi) is 40.5. The van der Waals surface area contributed by atoms with Crippen molar-refractivity contribution in [2.45, 2.75) is 197 Å². The summed E-state index contributed by atoms with van der Waals surface area (Å²) in [5.74, 6) is -11.1. The van der Waals surface area contributed by atoms with Gasteiger partial charge in [0.2, 0.25) is 61.4 Å². The zero-order valence-corrected chi connectivity index (χ0v) is 77.2. The fourth-order valence-electron chi connectivity index (χ4n) is 13.9. The molecular formula is C86H116N22O25S2. The van der Waals surface area contributed by atoms with Gasteiger partial charge in [-0.25, -0.2) is 31.6 Å². The minimum absolute atomic E-state index is 0.0252. The molecule has 4 heterocycles. The first-order valence-corrected chi connectivity index (χ1v) is 46.4. The number of rotatable bonds is 59. The summed E-state index contributed by atoms with van der Waals surface area (Å²) in [4.78, 5) is 196. The lowest BCUT2D eigenvalue weighted by atomic mass is 10.1. The molecule has 0 bridgehead atoms. The summed E-state index contributed by atoms with van der Waals surface area (Å²) in [6, 6.07) is 6.70. The predicted octanol–water partition coefficient (Wildman–Crippen LogP) is 2.15. The first kappa shape index (κ1) is 106. The van der Waals surface area contributed by atoms with Crippen LogP contribution in [-0.4, -0.2) is 268 Å². The number of unbranched alkanes of at least 4 members (excludes halogenated alkanes) is 2. The highest BCUT2D eigenvalue weighted by molar-refractivity contribution is 7.90. The number of carbonyl (C=O) groups is 14. The fraction of sp³-hybridized carbons (Fsp3) is 0.465. The van der Waals surface area contributed by atoms with Crippen molar-refractivity contribution in [2.75, 3.05) is 82.8 Å². The third-order valence-corrected chi connectivity index (χ3v) is 23.9. The van der Waals surface area contributed by atoms with Gasteiger partial charge in [-0.3, -0.25) is 71.7 Å². The third-order valence-electron chi connectivity index (χ3n) is 20.3. The number of anilines is 2. The van der Waals surface area contributed by atoms with Crippen LogP contribution in [0.3, 0.4) is 0 Å². The number of carbonyl (C=O) groups excluding carboxylic acids is 10. The second-order valence-electron chi connectivity index (χ2n) is 32.4. The van der Waals surface area contributed by atoms with Crippen molar-refractivity contribution in [3.05, 3.63) is 131 Å². The molecule has 10 amide bonds. The van der Waals surface area contributed by atoms with Gasteiger partial charge in [0.25, 0.3) is 11.8 Å². The SMILES string of the molecule is Cc1cc(OCCCC(=O)NCCNC(=O)CCC(NC(=O)[C@H](CCC(=O)O)NC(=O)[C@@H](CCC(=O)O)NC(=O)CCCCCNC(=O)OC(C)(C)C)C(=O)NCCNC(=O)CCCOc2cc(C)c(S(=O)(=O)N[C@H](CNC(=O)c3ccc4c(cnn4CCNc4ncc[nH]4)c3)C(=O)O)c(C)c2)cc(C)c1S(=O)(=O)N[C@@H](CNC(=O)c1ccc2c(cnn2CCNc2ncc[nH]2)c1)C(=O)O. The molecule has 0 spiro atoms. The highest BCUT2D eigenvalue weighted by Gasteiger charge is 2.34. The van der Waals surface area contributed by atoms with Crippen LogP contribution in [0, 0.1) is 27.7 Å². The van der Waals surface area contributed by atoms with Gasteiger partial charge in [0.15, 0.2) is 11.9 Å². The molecule has 4 aromatic carbocycles. The van der Waals surface area contributed by atoms with Crippen molar-refractivity contribution < 1.29 is 119 Å². The van der Waals surface area contributed by atoms with Gasteiger partial charge < -0.3 is 108 Å². The van der Waals surface area contributed by atoms with E-state index in [0.29, 0.717) is 61.7 Å². The zero-order valence-electron chi connectivity index (χ0n) is 75.6. The van der Waals surface area contributed by atoms with E-state index in [-0.39, 0.29) is 139 Å². The number of aryl methyl sites for hydroxylation is 4. The van der Waals surface area contributed by atoms with Gasteiger partial charge in [0, 0.05) is 144 Å². The molecule has 8 aromatic rings. The molecule has 0 aliphatic carbocycles. The molecule has 49 heteroatoms. The van der Waals surface area contributed by atoms with Crippen LogP contribution in [0.1, 0.15) is 154 Å². The molecule has 135 heavy (non-hydrogen) atoms. The predicted molar refractivity (Wildman–Crippen MR) is 487 cm³/mol. The van der Waals surface area contributed by atoms with Crippen LogP contribution in [0.2, 0.25) is 0 Å². The minimum atomic E-state index is -4.55. The second-order valence-corrected chi connectivity index (χ2v) is 35.7. The van der Waals surface area contributed by atoms with Crippen LogP contribution < -0.4 is 82.7 Å². The number of aromatic nitrogens is 8. The van der Waals surface area contributed by atoms with E-state index in [1.807, 2.05) is 0 Å². The monoisotopic (exact) mass is 1920 g/mol. The van der Waals surface area contributed by atoms with Crippen molar-refractivity contribution in [2.24, 2.45) is 0 Å². The van der Waals surface area contributed by atoms with E-state index in [9.17, 15) is 104 Å². The van der Waals surface area contributed by atoms with E-state index >= 15 is 0 Å². The van der Waals surface area contributed by atoms with Crippen molar-refractivity contribution in [1.82, 2.24) is 102 Å². The quantitative estimate of drug-likeness (QED) is 0.0243. The summed E-state index contributed by atoms with van der Waals surface area (Å²) in [5, 5.41) is 81.0. The average molecular weight is 1920 g/mol. The summed E-state index contributed by atoms with van der Waals surface area (Å²) in [6.45, 7) is 11.1. The standard InChI is InChI=1S/C86H116N22O25S2/c1-51-41-59(42-52(2)74(51)134(127,128)105-64(81(122)123)49-98-76(117)55-16-21-66-57(45-55)47-100-107(66)37-35-95-83-91-31-32-92-83)131-39-11-14-68(109)87-27-28-89-70(111)23-18-61(103-80(121)63(20-25-73(115)116)104-79(120)62(19-24-72(113)114)102-71(112)13-9-8-10-26-97-85(126)133-86(5,6)7)78(119)90-30-29-88-69(110)15-12-40-132-60-43-53(3)75(54(4)44-60)135(129,130)106-65(82(124)125)50-99-77(118)56-17-22-67-58(46-56)48-101-108(67)38-36-96-84-93-33-34-94-84/h16-17,21-22,31-34,41-48,61-65,105-106H,8-15,18-20,23-30,35-40,49-50H2,1-7H3,(H,87,109)(H,88,110)(H,89,111)(H,90,119)(H,97,126)(H,98,117)(H,99,118)(H,102,112)(H,103,121)(H,104,120)(H,113,114)(H,115,116)(H,122,123)(H,124,125)(H2,91,92,95)(H2,93,94,96)/t61?,62-,63+,64+,65-/m1/s1. The van der Waals surface area contributed by atoms with E-state index < -0.39 is 191 Å². The molecule has 4 aromatic heterocycles. The van der Waals surface area contributed by atoms with Crippen molar-refractivity contribution >= 4 is 137 Å². The van der Waals surface area contributed by atoms with E-state index in [0.717, 1.165) is 11.0 Å². The van der Waals surface area contributed by atoms with E-state index in [1.54, 1.807) is 91.6 Å². The molecule has 732 valence electrons. The maximum atomic E-state index is 14.2. The Morgan fingerprint density at radius 1 is 0.430 bits per heavy atom. The number of aromatic amines is 2. The Morgan fingerprint density at radius 2 is 0.830 bits per heavy atom. The number of hydrogen-bond donors (Lipinski definition) is 20. The molecule has 47 nitrogen and oxygen atoms in total. The number of carboxylic acids is 4.